The standard InChI is InChI=1S/C21H23O2P/c1-23-20-18-13-8-14-19(18)24(22,15-16-9-4-2-5-10-16)21(20)17-11-6-3-7-12-17/h2-7,9-12,18-19H,8,13-15H2,1H3/t18-,19-,24-/m0/s1. The summed E-state index contributed by atoms with van der Waals surface area (Å²) >= 11 is 0. The minimum atomic E-state index is -2.55. The van der Waals surface area contributed by atoms with Crippen LogP contribution in [0.4, 0.5) is 0 Å². The lowest BCUT2D eigenvalue weighted by Gasteiger charge is -2.23. The molecule has 0 spiro atoms. The van der Waals surface area contributed by atoms with Gasteiger partial charge in [-0.1, -0.05) is 67.1 Å². The van der Waals surface area contributed by atoms with E-state index in [1.54, 1.807) is 7.11 Å². The van der Waals surface area contributed by atoms with Crippen LogP contribution in [0.15, 0.2) is 66.4 Å². The Labute approximate surface area is 143 Å². The zero-order chi connectivity index (χ0) is 16.6. The molecule has 0 unspecified atom stereocenters. The van der Waals surface area contributed by atoms with E-state index in [2.05, 4.69) is 24.3 Å². The predicted molar refractivity (Wildman–Crippen MR) is 99.3 cm³/mol. The van der Waals surface area contributed by atoms with Crippen LogP contribution in [0.5, 0.6) is 0 Å². The molecule has 0 N–H and O–H groups in total. The van der Waals surface area contributed by atoms with Gasteiger partial charge in [-0.3, -0.25) is 0 Å². The first-order chi connectivity index (χ1) is 11.7. The molecule has 1 saturated carbocycles. The van der Waals surface area contributed by atoms with Gasteiger partial charge in [0, 0.05) is 17.7 Å². The molecular formula is C21H23O2P. The van der Waals surface area contributed by atoms with Gasteiger partial charge in [0.1, 0.15) is 12.9 Å². The minimum absolute atomic E-state index is 0.253. The van der Waals surface area contributed by atoms with Crippen LogP contribution < -0.4 is 0 Å². The van der Waals surface area contributed by atoms with E-state index in [0.29, 0.717) is 12.1 Å². The van der Waals surface area contributed by atoms with Crippen molar-refractivity contribution in [2.24, 2.45) is 5.92 Å². The summed E-state index contributed by atoms with van der Waals surface area (Å²) in [5, 5.41) is 1.00. The van der Waals surface area contributed by atoms with Crippen LogP contribution in [0.2, 0.25) is 0 Å². The zero-order valence-corrected chi connectivity index (χ0v) is 14.9. The van der Waals surface area contributed by atoms with Crippen molar-refractivity contribution in [3.8, 4) is 0 Å². The number of ether oxygens (including phenoxy) is 1. The van der Waals surface area contributed by atoms with Crippen LogP contribution in [0, 0.1) is 5.92 Å². The second kappa shape index (κ2) is 6.26. The van der Waals surface area contributed by atoms with Crippen LogP contribution in [-0.4, -0.2) is 12.8 Å². The first kappa shape index (κ1) is 15.7. The van der Waals surface area contributed by atoms with Crippen molar-refractivity contribution in [2.75, 3.05) is 7.11 Å². The summed E-state index contributed by atoms with van der Waals surface area (Å²) in [6, 6.07) is 20.5. The Morgan fingerprint density at radius 1 is 1.00 bits per heavy atom. The maximum Gasteiger partial charge on any atom is 0.127 e. The van der Waals surface area contributed by atoms with Gasteiger partial charge in [-0.2, -0.15) is 0 Å². The van der Waals surface area contributed by atoms with Crippen LogP contribution >= 0.6 is 7.14 Å². The Balaban J connectivity index is 1.86. The quantitative estimate of drug-likeness (QED) is 0.664. The van der Waals surface area contributed by atoms with E-state index in [4.69, 9.17) is 4.74 Å². The van der Waals surface area contributed by atoms with Crippen molar-refractivity contribution < 1.29 is 9.30 Å². The van der Waals surface area contributed by atoms with Crippen molar-refractivity contribution in [3.63, 3.8) is 0 Å². The highest BCUT2D eigenvalue weighted by Gasteiger charge is 2.53. The number of allylic oxidation sites excluding steroid dienone is 1. The van der Waals surface area contributed by atoms with Crippen molar-refractivity contribution in [1.82, 2.24) is 0 Å². The van der Waals surface area contributed by atoms with Crippen LogP contribution in [0.25, 0.3) is 5.31 Å². The number of methoxy groups -OCH3 is 1. The maximum absolute atomic E-state index is 14.4. The Kier molecular flexibility index (Phi) is 4.10. The van der Waals surface area contributed by atoms with Crippen molar-refractivity contribution in [3.05, 3.63) is 77.5 Å². The number of hydrogen-bond donors (Lipinski definition) is 0. The highest BCUT2D eigenvalue weighted by molar-refractivity contribution is 7.74. The van der Waals surface area contributed by atoms with Gasteiger partial charge in [0.2, 0.25) is 0 Å². The predicted octanol–water partition coefficient (Wildman–Crippen LogP) is 5.75. The smallest absolute Gasteiger partial charge is 0.127 e. The molecule has 0 saturated heterocycles. The Morgan fingerprint density at radius 2 is 1.67 bits per heavy atom. The molecule has 3 heteroatoms. The highest BCUT2D eigenvalue weighted by atomic mass is 31.2. The molecule has 3 atom stereocenters. The maximum atomic E-state index is 14.4. The van der Waals surface area contributed by atoms with Gasteiger partial charge in [0.05, 0.1) is 12.4 Å². The molecule has 124 valence electrons. The highest BCUT2D eigenvalue weighted by Crippen LogP contribution is 2.75. The molecular weight excluding hydrogens is 315 g/mol. The second-order valence-electron chi connectivity index (χ2n) is 6.83. The van der Waals surface area contributed by atoms with E-state index >= 15 is 0 Å². The third-order valence-electron chi connectivity index (χ3n) is 5.49. The Hall–Kier alpha value is -1.79. The SMILES string of the molecule is COC1=C(c2ccccc2)[P@](=O)(Cc2ccccc2)[C@H]2CCC[C@H]12. The second-order valence-corrected chi connectivity index (χ2v) is 9.84. The Morgan fingerprint density at radius 3 is 2.33 bits per heavy atom. The third kappa shape index (κ3) is 2.45. The van der Waals surface area contributed by atoms with E-state index in [-0.39, 0.29) is 5.66 Å². The molecule has 0 amide bonds. The van der Waals surface area contributed by atoms with Crippen molar-refractivity contribution in [2.45, 2.75) is 31.1 Å². The molecule has 2 aromatic carbocycles. The lowest BCUT2D eigenvalue weighted by molar-refractivity contribution is 0.250. The fourth-order valence-electron chi connectivity index (χ4n) is 4.53. The average Bonchev–Trinajstić information content (AvgIpc) is 3.18. The molecule has 2 aromatic rings. The lowest BCUT2D eigenvalue weighted by atomic mass is 10.0. The number of benzene rings is 2. The minimum Gasteiger partial charge on any atom is -0.500 e. The molecule has 4 rings (SSSR count). The summed E-state index contributed by atoms with van der Waals surface area (Å²) in [7, 11) is -0.804. The monoisotopic (exact) mass is 338 g/mol. The first-order valence-electron chi connectivity index (χ1n) is 8.71. The zero-order valence-electron chi connectivity index (χ0n) is 14.0. The molecule has 2 aliphatic rings. The molecule has 0 radical (unpaired) electrons. The van der Waals surface area contributed by atoms with E-state index < -0.39 is 7.14 Å². The molecule has 0 bridgehead atoms. The molecule has 1 heterocycles. The third-order valence-corrected chi connectivity index (χ3v) is 9.25. The summed E-state index contributed by atoms with van der Waals surface area (Å²) in [6.45, 7) is 0. The van der Waals surface area contributed by atoms with E-state index in [0.717, 1.165) is 41.5 Å². The normalized spacial score (nSPS) is 28.9. The lowest BCUT2D eigenvalue weighted by Crippen LogP contribution is -2.11. The van der Waals surface area contributed by atoms with Gasteiger partial charge in [-0.15, -0.1) is 0 Å². The number of hydrogen-bond acceptors (Lipinski definition) is 2. The average molecular weight is 338 g/mol. The van der Waals surface area contributed by atoms with E-state index in [9.17, 15) is 4.57 Å². The summed E-state index contributed by atoms with van der Waals surface area (Å²) in [5.74, 6) is 1.32. The van der Waals surface area contributed by atoms with E-state index in [1.165, 1.54) is 0 Å². The Bertz CT molecular complexity index is 795. The van der Waals surface area contributed by atoms with Crippen molar-refractivity contribution in [1.29, 1.82) is 0 Å². The van der Waals surface area contributed by atoms with Gasteiger partial charge in [0.25, 0.3) is 0 Å². The molecule has 1 aliphatic heterocycles. The topological polar surface area (TPSA) is 26.3 Å². The van der Waals surface area contributed by atoms with Gasteiger partial charge in [-0.05, 0) is 24.0 Å². The fourth-order valence-corrected chi connectivity index (χ4v) is 8.69. The van der Waals surface area contributed by atoms with Crippen LogP contribution in [0.1, 0.15) is 30.4 Å². The summed E-state index contributed by atoms with van der Waals surface area (Å²) < 4.78 is 20.2. The number of fused-ring (bicyclic) bond motifs is 1. The summed E-state index contributed by atoms with van der Waals surface area (Å²) in [4.78, 5) is 0. The van der Waals surface area contributed by atoms with Gasteiger partial charge in [-0.25, -0.2) is 0 Å². The largest absolute Gasteiger partial charge is 0.500 e. The first-order valence-corrected chi connectivity index (χ1v) is 10.7. The van der Waals surface area contributed by atoms with Gasteiger partial charge in [0.15, 0.2) is 0 Å². The fraction of sp³-hybridized carbons (Fsp3) is 0.333. The van der Waals surface area contributed by atoms with E-state index in [1.807, 2.05) is 36.4 Å². The molecule has 0 aromatic heterocycles. The summed E-state index contributed by atoms with van der Waals surface area (Å²) in [6.07, 6.45) is 3.95. The molecule has 24 heavy (non-hydrogen) atoms. The molecule has 1 fully saturated rings. The molecule has 2 nitrogen and oxygen atoms in total. The van der Waals surface area contributed by atoms with Crippen LogP contribution in [0.3, 0.4) is 0 Å². The number of rotatable bonds is 4. The van der Waals surface area contributed by atoms with Gasteiger partial charge < -0.3 is 9.30 Å². The molecule has 1 aliphatic carbocycles. The van der Waals surface area contributed by atoms with Crippen molar-refractivity contribution >= 4 is 12.5 Å². The van der Waals surface area contributed by atoms with Gasteiger partial charge >= 0.3 is 0 Å². The van der Waals surface area contributed by atoms with Crippen LogP contribution in [-0.2, 0) is 15.5 Å². The summed E-state index contributed by atoms with van der Waals surface area (Å²) in [5.41, 5.74) is 2.49.